The number of nitrogens with zero attached hydrogens (tertiary/aromatic N) is 2. The molecule has 0 saturated carbocycles. The molecule has 0 heterocycles. The van der Waals surface area contributed by atoms with Crippen LogP contribution in [0, 0.1) is 11.3 Å². The highest BCUT2D eigenvalue weighted by molar-refractivity contribution is 5.97. The zero-order chi connectivity index (χ0) is 15.2. The highest BCUT2D eigenvalue weighted by atomic mass is 16.2. The second-order valence-electron chi connectivity index (χ2n) is 4.77. The Morgan fingerprint density at radius 3 is 2.43 bits per heavy atom. The van der Waals surface area contributed by atoms with Crippen LogP contribution in [-0.4, -0.2) is 19.0 Å². The number of amides is 1. The minimum absolute atomic E-state index is 0.149. The first-order valence-electron chi connectivity index (χ1n) is 6.71. The third kappa shape index (κ3) is 3.40. The number of hydrogen-bond acceptors (Lipinski definition) is 3. The van der Waals surface area contributed by atoms with Crippen molar-refractivity contribution in [2.24, 2.45) is 0 Å². The molecule has 21 heavy (non-hydrogen) atoms. The summed E-state index contributed by atoms with van der Waals surface area (Å²) in [5.74, 6) is -0.149. The first kappa shape index (κ1) is 14.6. The maximum absolute atomic E-state index is 12.3. The topological polar surface area (TPSA) is 56.1 Å². The Hall–Kier alpha value is -2.80. The molecule has 1 atom stereocenters. The van der Waals surface area contributed by atoms with Gasteiger partial charge in [0.05, 0.1) is 11.3 Å². The summed E-state index contributed by atoms with van der Waals surface area (Å²) in [5.41, 5.74) is 1.97. The first-order valence-corrected chi connectivity index (χ1v) is 6.71. The second-order valence-corrected chi connectivity index (χ2v) is 4.77. The fourth-order valence-electron chi connectivity index (χ4n) is 1.99. The van der Waals surface area contributed by atoms with E-state index in [0.717, 1.165) is 5.69 Å². The molecule has 0 fully saturated rings. The molecule has 0 aliphatic heterocycles. The van der Waals surface area contributed by atoms with Crippen LogP contribution in [0.1, 0.15) is 12.5 Å². The largest absolute Gasteiger partial charge is 0.363 e. The summed E-state index contributed by atoms with van der Waals surface area (Å²) in [6.45, 7) is 1.83. The van der Waals surface area contributed by atoms with Crippen LogP contribution in [0.2, 0.25) is 0 Å². The van der Waals surface area contributed by atoms with Gasteiger partial charge < -0.3 is 10.2 Å². The molecule has 0 aromatic heterocycles. The van der Waals surface area contributed by atoms with E-state index >= 15 is 0 Å². The van der Waals surface area contributed by atoms with E-state index in [4.69, 9.17) is 5.26 Å². The molecule has 2 rings (SSSR count). The minimum atomic E-state index is -0.348. The van der Waals surface area contributed by atoms with Gasteiger partial charge in [-0.25, -0.2) is 0 Å². The van der Waals surface area contributed by atoms with Crippen molar-refractivity contribution in [1.82, 2.24) is 0 Å². The molecule has 106 valence electrons. The van der Waals surface area contributed by atoms with Crippen molar-refractivity contribution in [3.05, 3.63) is 60.2 Å². The number of anilines is 2. The fraction of sp³-hybridized carbons (Fsp3) is 0.176. The molecule has 1 unspecified atom stereocenters. The molecule has 2 aromatic carbocycles. The summed E-state index contributed by atoms with van der Waals surface area (Å²) < 4.78 is 0. The van der Waals surface area contributed by atoms with Gasteiger partial charge in [-0.1, -0.05) is 30.3 Å². The van der Waals surface area contributed by atoms with Gasteiger partial charge in [-0.05, 0) is 31.2 Å². The number of nitrogens with one attached hydrogen (secondary N) is 1. The Morgan fingerprint density at radius 1 is 1.14 bits per heavy atom. The zero-order valence-electron chi connectivity index (χ0n) is 12.1. The van der Waals surface area contributed by atoms with Crippen molar-refractivity contribution in [1.29, 1.82) is 5.26 Å². The van der Waals surface area contributed by atoms with Gasteiger partial charge in [0, 0.05) is 12.7 Å². The number of carbonyl (C=O) groups is 1. The predicted octanol–water partition coefficient (Wildman–Crippen LogP) is 3.02. The van der Waals surface area contributed by atoms with Crippen molar-refractivity contribution < 1.29 is 4.79 Å². The molecule has 0 spiro atoms. The number of para-hydroxylation sites is 2. The maximum Gasteiger partial charge on any atom is 0.246 e. The Labute approximate surface area is 124 Å². The molecule has 4 nitrogen and oxygen atoms in total. The maximum atomic E-state index is 12.3. The SMILES string of the molecule is CC(C(=O)Nc1ccccc1C#N)N(C)c1ccccc1. The molecule has 4 heteroatoms. The van der Waals surface area contributed by atoms with E-state index in [1.165, 1.54) is 0 Å². The molecule has 2 aromatic rings. The Kier molecular flexibility index (Phi) is 4.57. The normalized spacial score (nSPS) is 11.3. The smallest absolute Gasteiger partial charge is 0.246 e. The lowest BCUT2D eigenvalue weighted by Gasteiger charge is -2.26. The average molecular weight is 279 g/mol. The standard InChI is InChI=1S/C17H17N3O/c1-13(20(2)15-9-4-3-5-10-15)17(21)19-16-11-7-6-8-14(16)12-18/h3-11,13H,1-2H3,(H,19,21). The number of carbonyl (C=O) groups excluding carboxylic acids is 1. The molecule has 0 radical (unpaired) electrons. The first-order chi connectivity index (χ1) is 10.1. The quantitative estimate of drug-likeness (QED) is 0.936. The van der Waals surface area contributed by atoms with E-state index in [-0.39, 0.29) is 11.9 Å². The van der Waals surface area contributed by atoms with Gasteiger partial charge in [-0.3, -0.25) is 4.79 Å². The predicted molar refractivity (Wildman–Crippen MR) is 84.1 cm³/mol. The van der Waals surface area contributed by atoms with Gasteiger partial charge >= 0.3 is 0 Å². The summed E-state index contributed by atoms with van der Waals surface area (Å²) >= 11 is 0. The highest BCUT2D eigenvalue weighted by Gasteiger charge is 2.19. The number of benzene rings is 2. The number of nitriles is 1. The second kappa shape index (κ2) is 6.58. The van der Waals surface area contributed by atoms with Crippen molar-refractivity contribution in [2.45, 2.75) is 13.0 Å². The minimum Gasteiger partial charge on any atom is -0.363 e. The Morgan fingerprint density at radius 2 is 1.76 bits per heavy atom. The van der Waals surface area contributed by atoms with Crippen LogP contribution in [0.3, 0.4) is 0 Å². The molecular weight excluding hydrogens is 262 g/mol. The van der Waals surface area contributed by atoms with E-state index in [0.29, 0.717) is 11.3 Å². The van der Waals surface area contributed by atoms with Crippen LogP contribution < -0.4 is 10.2 Å². The summed E-state index contributed by atoms with van der Waals surface area (Å²) in [5, 5.41) is 11.9. The van der Waals surface area contributed by atoms with Gasteiger partial charge in [0.1, 0.15) is 12.1 Å². The molecule has 0 bridgehead atoms. The van der Waals surface area contributed by atoms with Crippen LogP contribution >= 0.6 is 0 Å². The van der Waals surface area contributed by atoms with E-state index < -0.39 is 0 Å². The number of hydrogen-bond donors (Lipinski definition) is 1. The van der Waals surface area contributed by atoms with Crippen LogP contribution in [0.4, 0.5) is 11.4 Å². The van der Waals surface area contributed by atoms with E-state index in [1.807, 2.05) is 49.2 Å². The van der Waals surface area contributed by atoms with E-state index in [2.05, 4.69) is 11.4 Å². The Bertz CT molecular complexity index is 661. The van der Waals surface area contributed by atoms with E-state index in [1.54, 1.807) is 24.3 Å². The van der Waals surface area contributed by atoms with Crippen LogP contribution in [-0.2, 0) is 4.79 Å². The molecule has 0 aliphatic rings. The molecule has 0 saturated heterocycles. The van der Waals surface area contributed by atoms with Crippen molar-refractivity contribution >= 4 is 17.3 Å². The van der Waals surface area contributed by atoms with Gasteiger partial charge in [0.2, 0.25) is 5.91 Å². The summed E-state index contributed by atoms with van der Waals surface area (Å²) in [6.07, 6.45) is 0. The third-order valence-corrected chi connectivity index (χ3v) is 3.43. The van der Waals surface area contributed by atoms with Crippen LogP contribution in [0.15, 0.2) is 54.6 Å². The van der Waals surface area contributed by atoms with Gasteiger partial charge in [-0.15, -0.1) is 0 Å². The molecule has 1 N–H and O–H groups in total. The van der Waals surface area contributed by atoms with Gasteiger partial charge in [0.15, 0.2) is 0 Å². The summed E-state index contributed by atoms with van der Waals surface area (Å²) in [7, 11) is 1.87. The van der Waals surface area contributed by atoms with Crippen molar-refractivity contribution in [3.63, 3.8) is 0 Å². The summed E-state index contributed by atoms with van der Waals surface area (Å²) in [6, 6.07) is 18.4. The third-order valence-electron chi connectivity index (χ3n) is 3.43. The zero-order valence-corrected chi connectivity index (χ0v) is 12.1. The van der Waals surface area contributed by atoms with Gasteiger partial charge in [-0.2, -0.15) is 5.26 Å². The molecule has 1 amide bonds. The lowest BCUT2D eigenvalue weighted by Crippen LogP contribution is -2.39. The average Bonchev–Trinajstić information content (AvgIpc) is 2.54. The van der Waals surface area contributed by atoms with Gasteiger partial charge in [0.25, 0.3) is 0 Å². The molecule has 0 aliphatic carbocycles. The molecular formula is C17H17N3O. The number of rotatable bonds is 4. The Balaban J connectivity index is 2.12. The fourth-order valence-corrected chi connectivity index (χ4v) is 1.99. The lowest BCUT2D eigenvalue weighted by molar-refractivity contribution is -0.117. The number of likely N-dealkylation sites (N-methyl/N-ethyl adjacent to an activating group) is 1. The van der Waals surface area contributed by atoms with Crippen molar-refractivity contribution in [3.8, 4) is 6.07 Å². The highest BCUT2D eigenvalue weighted by Crippen LogP contribution is 2.17. The van der Waals surface area contributed by atoms with E-state index in [9.17, 15) is 4.79 Å². The lowest BCUT2D eigenvalue weighted by atomic mass is 10.1. The monoisotopic (exact) mass is 279 g/mol. The van der Waals surface area contributed by atoms with Crippen molar-refractivity contribution in [2.75, 3.05) is 17.3 Å². The van der Waals surface area contributed by atoms with Crippen LogP contribution in [0.5, 0.6) is 0 Å². The van der Waals surface area contributed by atoms with Crippen LogP contribution in [0.25, 0.3) is 0 Å². The summed E-state index contributed by atoms with van der Waals surface area (Å²) in [4.78, 5) is 14.2.